The fraction of sp³-hybridized carbons (Fsp3) is 0.444. The van der Waals surface area contributed by atoms with E-state index in [1.165, 1.54) is 0 Å². The fourth-order valence-electron chi connectivity index (χ4n) is 3.45. The molecular formula is C18H23N7O2S. The summed E-state index contributed by atoms with van der Waals surface area (Å²) in [6.07, 6.45) is 5.00. The zero-order valence-electron chi connectivity index (χ0n) is 15.6. The molecule has 1 saturated carbocycles. The van der Waals surface area contributed by atoms with Crippen LogP contribution in [0, 0.1) is 0 Å². The summed E-state index contributed by atoms with van der Waals surface area (Å²) in [6, 6.07) is 9.73. The Balaban J connectivity index is 1.42. The van der Waals surface area contributed by atoms with Crippen LogP contribution in [0.25, 0.3) is 16.9 Å². The summed E-state index contributed by atoms with van der Waals surface area (Å²) < 4.78 is 27.9. The lowest BCUT2D eigenvalue weighted by Gasteiger charge is -2.29. The highest BCUT2D eigenvalue weighted by molar-refractivity contribution is 7.89. The van der Waals surface area contributed by atoms with Gasteiger partial charge in [-0.25, -0.2) is 18.1 Å². The molecule has 0 unspecified atom stereocenters. The molecule has 28 heavy (non-hydrogen) atoms. The van der Waals surface area contributed by atoms with Crippen molar-refractivity contribution in [1.82, 2.24) is 29.7 Å². The minimum absolute atomic E-state index is 0.0109. The molecule has 0 saturated heterocycles. The van der Waals surface area contributed by atoms with Gasteiger partial charge in [-0.2, -0.15) is 9.67 Å². The highest BCUT2D eigenvalue weighted by Crippen LogP contribution is 2.22. The van der Waals surface area contributed by atoms with E-state index in [2.05, 4.69) is 30.3 Å². The van der Waals surface area contributed by atoms with E-state index < -0.39 is 10.0 Å². The number of anilines is 1. The van der Waals surface area contributed by atoms with Gasteiger partial charge in [-0.05, 0) is 44.7 Å². The van der Waals surface area contributed by atoms with Crippen LogP contribution in [0.1, 0.15) is 32.6 Å². The van der Waals surface area contributed by atoms with E-state index in [9.17, 15) is 8.42 Å². The van der Waals surface area contributed by atoms with Crippen molar-refractivity contribution in [3.8, 4) is 5.82 Å². The molecule has 4 rings (SSSR count). The van der Waals surface area contributed by atoms with Crippen LogP contribution in [0.3, 0.4) is 0 Å². The van der Waals surface area contributed by atoms with Crippen molar-refractivity contribution in [2.45, 2.75) is 44.7 Å². The first-order valence-corrected chi connectivity index (χ1v) is 11.1. The van der Waals surface area contributed by atoms with Gasteiger partial charge >= 0.3 is 0 Å². The lowest BCUT2D eigenvalue weighted by molar-refractivity contribution is 0.386. The average Bonchev–Trinajstić information content (AvgIpc) is 3.14. The highest BCUT2D eigenvalue weighted by atomic mass is 32.2. The number of sulfonamides is 1. The number of benzene rings is 1. The van der Waals surface area contributed by atoms with Crippen molar-refractivity contribution < 1.29 is 8.42 Å². The number of rotatable bonds is 6. The number of nitrogens with zero attached hydrogens (tertiary/aromatic N) is 5. The minimum atomic E-state index is -3.15. The summed E-state index contributed by atoms with van der Waals surface area (Å²) in [5.74, 6) is 1.30. The molecule has 0 radical (unpaired) electrons. The van der Waals surface area contributed by atoms with Gasteiger partial charge in [-0.1, -0.05) is 17.3 Å². The normalized spacial score (nSPS) is 20.3. The zero-order chi connectivity index (χ0) is 19.6. The molecule has 0 amide bonds. The molecule has 0 atom stereocenters. The van der Waals surface area contributed by atoms with Crippen molar-refractivity contribution in [2.75, 3.05) is 11.1 Å². The van der Waals surface area contributed by atoms with Crippen molar-refractivity contribution in [2.24, 2.45) is 0 Å². The number of hydrogen-bond donors (Lipinski definition) is 2. The third-order valence-electron chi connectivity index (χ3n) is 5.00. The van der Waals surface area contributed by atoms with Crippen LogP contribution in [0.5, 0.6) is 0 Å². The van der Waals surface area contributed by atoms with E-state index in [0.717, 1.165) is 36.7 Å². The quantitative estimate of drug-likeness (QED) is 0.648. The smallest absolute Gasteiger partial charge is 0.224 e. The Bertz CT molecular complexity index is 1060. The van der Waals surface area contributed by atoms with Gasteiger partial charge in [0.1, 0.15) is 5.52 Å². The minimum Gasteiger partial charge on any atom is -0.351 e. The Labute approximate surface area is 163 Å². The van der Waals surface area contributed by atoms with Crippen LogP contribution in [0.15, 0.2) is 36.5 Å². The third kappa shape index (κ3) is 4.12. The van der Waals surface area contributed by atoms with Gasteiger partial charge in [0, 0.05) is 24.3 Å². The molecule has 9 nitrogen and oxygen atoms in total. The standard InChI is InChI=1S/C18H23N7O2S/c1-2-28(26,27)23-14-9-7-13(8-10-14)20-18-19-12-11-17(21-18)25-16-6-4-3-5-15(16)22-24-25/h3-6,11-14,23H,2,7-10H2,1H3,(H,19,20,21). The largest absolute Gasteiger partial charge is 0.351 e. The SMILES string of the molecule is CCS(=O)(=O)NC1CCC(Nc2nccc(-n3nnc4ccccc43)n2)CC1. The molecule has 1 aliphatic rings. The van der Waals surface area contributed by atoms with Gasteiger partial charge in [0.05, 0.1) is 11.3 Å². The van der Waals surface area contributed by atoms with E-state index in [1.54, 1.807) is 23.9 Å². The lowest BCUT2D eigenvalue weighted by Crippen LogP contribution is -2.40. The first-order chi connectivity index (χ1) is 13.5. The van der Waals surface area contributed by atoms with Gasteiger partial charge in [-0.3, -0.25) is 0 Å². The zero-order valence-corrected chi connectivity index (χ0v) is 16.4. The number of fused-ring (bicyclic) bond motifs is 1. The highest BCUT2D eigenvalue weighted by Gasteiger charge is 2.24. The van der Waals surface area contributed by atoms with E-state index in [-0.39, 0.29) is 17.8 Å². The molecule has 2 aromatic heterocycles. The Kier molecular flexibility index (Phi) is 5.23. The molecule has 1 aliphatic carbocycles. The number of para-hydroxylation sites is 1. The second kappa shape index (κ2) is 7.80. The molecule has 148 valence electrons. The van der Waals surface area contributed by atoms with Crippen molar-refractivity contribution in [3.05, 3.63) is 36.5 Å². The Morgan fingerprint density at radius 3 is 2.64 bits per heavy atom. The molecule has 0 aliphatic heterocycles. The van der Waals surface area contributed by atoms with Crippen LogP contribution < -0.4 is 10.0 Å². The molecule has 2 N–H and O–H groups in total. The molecule has 3 aromatic rings. The van der Waals surface area contributed by atoms with Crippen molar-refractivity contribution in [3.63, 3.8) is 0 Å². The molecular weight excluding hydrogens is 378 g/mol. The summed E-state index contributed by atoms with van der Waals surface area (Å²) >= 11 is 0. The Morgan fingerprint density at radius 2 is 1.86 bits per heavy atom. The van der Waals surface area contributed by atoms with Gasteiger partial charge in [0.2, 0.25) is 16.0 Å². The summed E-state index contributed by atoms with van der Waals surface area (Å²) in [7, 11) is -3.15. The van der Waals surface area contributed by atoms with Crippen LogP contribution in [0.2, 0.25) is 0 Å². The predicted octanol–water partition coefficient (Wildman–Crippen LogP) is 1.87. The maximum absolute atomic E-state index is 11.7. The number of aromatic nitrogens is 5. The van der Waals surface area contributed by atoms with Crippen LogP contribution in [0.4, 0.5) is 5.95 Å². The second-order valence-corrected chi connectivity index (χ2v) is 8.99. The number of nitrogens with one attached hydrogen (secondary N) is 2. The average molecular weight is 401 g/mol. The monoisotopic (exact) mass is 401 g/mol. The van der Waals surface area contributed by atoms with E-state index in [4.69, 9.17) is 0 Å². The van der Waals surface area contributed by atoms with Gasteiger partial charge in [0.15, 0.2) is 5.82 Å². The maximum Gasteiger partial charge on any atom is 0.224 e. The summed E-state index contributed by atoms with van der Waals surface area (Å²) in [5.41, 5.74) is 1.69. The molecule has 2 heterocycles. The van der Waals surface area contributed by atoms with Gasteiger partial charge in [-0.15, -0.1) is 5.10 Å². The third-order valence-corrected chi connectivity index (χ3v) is 6.45. The maximum atomic E-state index is 11.7. The summed E-state index contributed by atoms with van der Waals surface area (Å²) in [5, 5.41) is 11.7. The first kappa shape index (κ1) is 18.8. The van der Waals surface area contributed by atoms with Crippen LogP contribution in [-0.2, 0) is 10.0 Å². The lowest BCUT2D eigenvalue weighted by atomic mass is 9.92. The van der Waals surface area contributed by atoms with Crippen molar-refractivity contribution >= 4 is 27.0 Å². The van der Waals surface area contributed by atoms with Crippen LogP contribution in [-0.4, -0.2) is 51.2 Å². The fourth-order valence-corrected chi connectivity index (χ4v) is 4.36. The number of hydrogen-bond acceptors (Lipinski definition) is 7. The van der Waals surface area contributed by atoms with E-state index in [1.807, 2.05) is 24.3 Å². The molecule has 1 aromatic carbocycles. The van der Waals surface area contributed by atoms with Crippen LogP contribution >= 0.6 is 0 Å². The molecule has 1 fully saturated rings. The Hall–Kier alpha value is -2.59. The van der Waals surface area contributed by atoms with E-state index >= 15 is 0 Å². The molecule has 0 bridgehead atoms. The topological polar surface area (TPSA) is 115 Å². The second-order valence-electron chi connectivity index (χ2n) is 6.94. The molecule has 0 spiro atoms. The van der Waals surface area contributed by atoms with Gasteiger partial charge in [0.25, 0.3) is 0 Å². The first-order valence-electron chi connectivity index (χ1n) is 9.44. The summed E-state index contributed by atoms with van der Waals surface area (Å²) in [4.78, 5) is 8.90. The predicted molar refractivity (Wildman–Crippen MR) is 107 cm³/mol. The van der Waals surface area contributed by atoms with E-state index in [0.29, 0.717) is 11.8 Å². The van der Waals surface area contributed by atoms with Gasteiger partial charge < -0.3 is 5.32 Å². The van der Waals surface area contributed by atoms with Crippen molar-refractivity contribution in [1.29, 1.82) is 0 Å². The Morgan fingerprint density at radius 1 is 1.11 bits per heavy atom. The summed E-state index contributed by atoms with van der Waals surface area (Å²) in [6.45, 7) is 1.65. The molecule has 10 heteroatoms.